The molecule has 29 heavy (non-hydrogen) atoms. The van der Waals surface area contributed by atoms with E-state index < -0.39 is 32.1 Å². The quantitative estimate of drug-likeness (QED) is 0.307. The lowest BCUT2D eigenvalue weighted by atomic mass is 10.2. The minimum absolute atomic E-state index is 0.0979. The number of hydrogen-bond acceptors (Lipinski definition) is 7. The number of halogens is 1. The van der Waals surface area contributed by atoms with E-state index in [-0.39, 0.29) is 26.6 Å². The van der Waals surface area contributed by atoms with Crippen molar-refractivity contribution in [1.82, 2.24) is 14.4 Å². The van der Waals surface area contributed by atoms with Gasteiger partial charge in [-0.15, -0.1) is 0 Å². The lowest BCUT2D eigenvalue weighted by Crippen LogP contribution is -2.46. The molecule has 150 valence electrons. The number of nitro groups is 1. The summed E-state index contributed by atoms with van der Waals surface area (Å²) in [5.74, 6) is 0. The van der Waals surface area contributed by atoms with Crippen molar-refractivity contribution in [2.75, 3.05) is 5.43 Å². The number of benzene rings is 2. The summed E-state index contributed by atoms with van der Waals surface area (Å²) in [5, 5.41) is 11.1. The maximum Gasteiger partial charge on any atom is 0.347 e. The third-order valence-electron chi connectivity index (χ3n) is 3.64. The van der Waals surface area contributed by atoms with Gasteiger partial charge in [-0.1, -0.05) is 11.6 Å². The lowest BCUT2D eigenvalue weighted by Gasteiger charge is -2.12. The topological polar surface area (TPSA) is 173 Å². The number of H-pyrrole nitrogens is 1. The molecule has 1 aromatic heterocycles. The monoisotopic (exact) mass is 439 g/mol. The predicted octanol–water partition coefficient (Wildman–Crippen LogP) is 0.893. The van der Waals surface area contributed by atoms with E-state index in [1.54, 1.807) is 4.72 Å². The SMILES string of the molecule is O=C(Nn1c(=O)c(=O)[nH]c2cc([N+](=O)[O-])ccc21)NS(=O)(=O)c1ccc(Cl)cc1. The largest absolute Gasteiger partial charge is 0.347 e. The van der Waals surface area contributed by atoms with Gasteiger partial charge in [-0.05, 0) is 30.3 Å². The number of nitrogens with one attached hydrogen (secondary N) is 3. The van der Waals surface area contributed by atoms with Crippen molar-refractivity contribution in [3.63, 3.8) is 0 Å². The first-order valence-corrected chi connectivity index (χ1v) is 9.47. The van der Waals surface area contributed by atoms with Crippen LogP contribution in [0.2, 0.25) is 5.02 Å². The van der Waals surface area contributed by atoms with Crippen LogP contribution in [0.15, 0.2) is 56.9 Å². The van der Waals surface area contributed by atoms with Gasteiger partial charge in [-0.3, -0.25) is 19.7 Å². The maximum atomic E-state index is 12.2. The molecular weight excluding hydrogens is 430 g/mol. The molecule has 0 spiro atoms. The van der Waals surface area contributed by atoms with Crippen molar-refractivity contribution in [3.8, 4) is 0 Å². The van der Waals surface area contributed by atoms with Crippen LogP contribution in [-0.4, -0.2) is 29.0 Å². The number of fused-ring (bicyclic) bond motifs is 1. The molecule has 0 aliphatic rings. The van der Waals surface area contributed by atoms with Crippen LogP contribution in [0, 0.1) is 10.1 Å². The summed E-state index contributed by atoms with van der Waals surface area (Å²) in [6.07, 6.45) is 0. The molecule has 3 aromatic rings. The second kappa shape index (κ2) is 7.37. The summed E-state index contributed by atoms with van der Waals surface area (Å²) in [4.78, 5) is 48.1. The second-order valence-corrected chi connectivity index (χ2v) is 7.67. The van der Waals surface area contributed by atoms with E-state index in [1.165, 1.54) is 12.1 Å². The number of nitrogens with zero attached hydrogens (tertiary/aromatic N) is 2. The Hall–Kier alpha value is -3.71. The molecule has 0 saturated heterocycles. The van der Waals surface area contributed by atoms with Crippen molar-refractivity contribution in [1.29, 1.82) is 0 Å². The van der Waals surface area contributed by atoms with Crippen molar-refractivity contribution in [2.45, 2.75) is 4.90 Å². The van der Waals surface area contributed by atoms with Gasteiger partial charge in [0.25, 0.3) is 15.7 Å². The number of non-ortho nitro benzene ring substituents is 1. The lowest BCUT2D eigenvalue weighted by molar-refractivity contribution is -0.384. The van der Waals surface area contributed by atoms with E-state index in [4.69, 9.17) is 11.6 Å². The maximum absolute atomic E-state index is 12.2. The third kappa shape index (κ3) is 4.09. The molecule has 0 fully saturated rings. The number of hydrogen-bond donors (Lipinski definition) is 3. The Labute approximate surface area is 165 Å². The van der Waals surface area contributed by atoms with Gasteiger partial charge >= 0.3 is 17.1 Å². The number of sulfonamides is 1. The van der Waals surface area contributed by atoms with E-state index in [0.29, 0.717) is 4.68 Å². The molecule has 3 N–H and O–H groups in total. The summed E-state index contributed by atoms with van der Waals surface area (Å²) in [7, 11) is -4.30. The van der Waals surface area contributed by atoms with Crippen molar-refractivity contribution < 1.29 is 18.1 Å². The Morgan fingerprint density at radius 2 is 1.79 bits per heavy atom. The normalized spacial score (nSPS) is 11.2. The van der Waals surface area contributed by atoms with Crippen LogP contribution in [0.25, 0.3) is 11.0 Å². The molecule has 0 bridgehead atoms. The Balaban J connectivity index is 1.97. The van der Waals surface area contributed by atoms with Crippen LogP contribution in [-0.2, 0) is 10.0 Å². The number of nitro benzene ring substituents is 1. The molecule has 0 atom stereocenters. The minimum Gasteiger partial charge on any atom is -0.316 e. The number of urea groups is 1. The number of amides is 2. The smallest absolute Gasteiger partial charge is 0.316 e. The Bertz CT molecular complexity index is 1360. The number of carbonyl (C=O) groups is 1. The summed E-state index contributed by atoms with van der Waals surface area (Å²) in [6, 6.07) is 6.71. The molecule has 0 unspecified atom stereocenters. The molecule has 3 rings (SSSR count). The van der Waals surface area contributed by atoms with E-state index in [9.17, 15) is 32.9 Å². The van der Waals surface area contributed by atoms with Crippen LogP contribution in [0.5, 0.6) is 0 Å². The zero-order chi connectivity index (χ0) is 21.3. The second-order valence-electron chi connectivity index (χ2n) is 5.55. The fourth-order valence-electron chi connectivity index (χ4n) is 2.35. The minimum atomic E-state index is -4.30. The zero-order valence-corrected chi connectivity index (χ0v) is 15.7. The van der Waals surface area contributed by atoms with Crippen molar-refractivity contribution in [2.24, 2.45) is 0 Å². The van der Waals surface area contributed by atoms with E-state index in [0.717, 1.165) is 30.3 Å². The molecule has 2 amide bonds. The first-order valence-electron chi connectivity index (χ1n) is 7.61. The van der Waals surface area contributed by atoms with Crippen LogP contribution in [0.3, 0.4) is 0 Å². The molecule has 2 aromatic carbocycles. The van der Waals surface area contributed by atoms with Gasteiger partial charge in [0.15, 0.2) is 0 Å². The van der Waals surface area contributed by atoms with Gasteiger partial charge in [-0.2, -0.15) is 0 Å². The summed E-state index contributed by atoms with van der Waals surface area (Å²) >= 11 is 5.69. The first-order chi connectivity index (χ1) is 13.6. The highest BCUT2D eigenvalue weighted by atomic mass is 35.5. The highest BCUT2D eigenvalue weighted by Crippen LogP contribution is 2.17. The highest BCUT2D eigenvalue weighted by molar-refractivity contribution is 7.90. The Kier molecular flexibility index (Phi) is 5.09. The number of rotatable bonds is 4. The van der Waals surface area contributed by atoms with Gasteiger partial charge in [0.05, 0.1) is 20.9 Å². The van der Waals surface area contributed by atoms with Gasteiger partial charge in [-0.25, -0.2) is 28.0 Å². The van der Waals surface area contributed by atoms with Crippen molar-refractivity contribution in [3.05, 3.63) is 78.3 Å². The van der Waals surface area contributed by atoms with Gasteiger partial charge < -0.3 is 4.98 Å². The average molecular weight is 440 g/mol. The molecule has 1 heterocycles. The molecular formula is C15H10ClN5O7S. The molecule has 0 aliphatic carbocycles. The average Bonchev–Trinajstić information content (AvgIpc) is 2.64. The van der Waals surface area contributed by atoms with E-state index in [2.05, 4.69) is 4.98 Å². The summed E-state index contributed by atoms with van der Waals surface area (Å²) in [6.45, 7) is 0. The van der Waals surface area contributed by atoms with Crippen LogP contribution < -0.4 is 21.3 Å². The molecule has 14 heteroatoms. The molecule has 12 nitrogen and oxygen atoms in total. The Morgan fingerprint density at radius 1 is 1.14 bits per heavy atom. The summed E-state index contributed by atoms with van der Waals surface area (Å²) in [5.41, 5.74) is -1.06. The molecule has 0 aliphatic heterocycles. The van der Waals surface area contributed by atoms with E-state index >= 15 is 0 Å². The number of aromatic nitrogens is 2. The van der Waals surface area contributed by atoms with Gasteiger partial charge in [0.2, 0.25) is 0 Å². The summed E-state index contributed by atoms with van der Waals surface area (Å²) < 4.78 is 26.6. The number of carbonyl (C=O) groups excluding carboxylic acids is 1. The molecule has 0 saturated carbocycles. The molecule has 0 radical (unpaired) electrons. The zero-order valence-electron chi connectivity index (χ0n) is 14.1. The van der Waals surface area contributed by atoms with Crippen LogP contribution in [0.4, 0.5) is 10.5 Å². The number of aromatic amines is 1. The standard InChI is InChI=1S/C15H10ClN5O7S/c16-8-1-4-10(5-2-8)29(27,28)19-15(24)18-20-12-6-3-9(21(25)26)7-11(12)17-13(22)14(20)23/h1-7H,(H,17,22)(H2,18,19,24). The first kappa shape index (κ1) is 20.0. The Morgan fingerprint density at radius 3 is 2.41 bits per heavy atom. The fraction of sp³-hybridized carbons (Fsp3) is 0. The van der Waals surface area contributed by atoms with Crippen LogP contribution in [0.1, 0.15) is 0 Å². The third-order valence-corrected chi connectivity index (χ3v) is 5.24. The fourth-order valence-corrected chi connectivity index (χ4v) is 3.38. The van der Waals surface area contributed by atoms with Gasteiger partial charge in [0.1, 0.15) is 0 Å². The van der Waals surface area contributed by atoms with E-state index in [1.807, 2.05) is 5.43 Å². The van der Waals surface area contributed by atoms with Crippen molar-refractivity contribution >= 4 is 44.4 Å². The van der Waals surface area contributed by atoms with Gasteiger partial charge in [0, 0.05) is 17.2 Å². The predicted molar refractivity (Wildman–Crippen MR) is 102 cm³/mol. The van der Waals surface area contributed by atoms with Crippen LogP contribution >= 0.6 is 11.6 Å². The highest BCUT2D eigenvalue weighted by Gasteiger charge is 2.19.